The van der Waals surface area contributed by atoms with Crippen LogP contribution >= 0.6 is 11.3 Å². The monoisotopic (exact) mass is 607 g/mol. The molecule has 8 nitrogen and oxygen atoms in total. The molecule has 0 radical (unpaired) electrons. The molecule has 1 aromatic carbocycles. The highest BCUT2D eigenvalue weighted by Crippen LogP contribution is 2.40. The van der Waals surface area contributed by atoms with Crippen LogP contribution in [0.3, 0.4) is 0 Å². The van der Waals surface area contributed by atoms with Crippen molar-refractivity contribution in [1.29, 1.82) is 0 Å². The summed E-state index contributed by atoms with van der Waals surface area (Å²) in [6, 6.07) is 8.28. The second-order valence-corrected chi connectivity index (χ2v) is 16.1. The Hall–Kier alpha value is -1.71. The minimum Gasteiger partial charge on any atom is -0.376 e. The molecule has 1 saturated carbocycles. The molecule has 1 aliphatic carbocycles. The van der Waals surface area contributed by atoms with Crippen molar-refractivity contribution in [2.45, 2.75) is 47.8 Å². The molecule has 39 heavy (non-hydrogen) atoms. The topological polar surface area (TPSA) is 98.2 Å². The van der Waals surface area contributed by atoms with Gasteiger partial charge in [0.1, 0.15) is 4.21 Å². The Morgan fingerprint density at radius 2 is 1.77 bits per heavy atom. The molecular formula is C25H32F3N3O5S3. The van der Waals surface area contributed by atoms with Crippen LogP contribution in [0, 0.1) is 5.92 Å². The van der Waals surface area contributed by atoms with Gasteiger partial charge in [0.15, 0.2) is 15.4 Å². The van der Waals surface area contributed by atoms with Crippen molar-refractivity contribution in [3.8, 4) is 0 Å². The fraction of sp³-hybridized carbons (Fsp3) is 0.600. The van der Waals surface area contributed by atoms with Crippen molar-refractivity contribution in [2.75, 3.05) is 49.1 Å². The molecule has 2 aliphatic heterocycles. The number of piperazine rings is 1. The van der Waals surface area contributed by atoms with Gasteiger partial charge in [-0.15, -0.1) is 11.3 Å². The molecule has 3 aliphatic rings. The number of sulfone groups is 1. The summed E-state index contributed by atoms with van der Waals surface area (Å²) in [4.78, 5) is 4.14. The number of nitrogens with zero attached hydrogens (tertiary/aromatic N) is 3. The van der Waals surface area contributed by atoms with Gasteiger partial charge >= 0.3 is 6.18 Å². The first-order valence-corrected chi connectivity index (χ1v) is 17.0. The average Bonchev–Trinajstić information content (AvgIpc) is 3.56. The summed E-state index contributed by atoms with van der Waals surface area (Å²) in [6.07, 6.45) is -2.92. The predicted octanol–water partition coefficient (Wildman–Crippen LogP) is 2.91. The van der Waals surface area contributed by atoms with Crippen LogP contribution in [0.1, 0.15) is 25.3 Å². The van der Waals surface area contributed by atoms with Gasteiger partial charge in [-0.1, -0.05) is 18.2 Å². The van der Waals surface area contributed by atoms with Crippen molar-refractivity contribution >= 4 is 36.9 Å². The molecule has 0 spiro atoms. The van der Waals surface area contributed by atoms with Gasteiger partial charge in [-0.05, 0) is 54.8 Å². The van der Waals surface area contributed by atoms with E-state index in [-0.39, 0.29) is 46.5 Å². The minimum atomic E-state index is -4.84. The molecule has 0 bridgehead atoms. The molecule has 1 N–H and O–H groups in total. The van der Waals surface area contributed by atoms with Crippen molar-refractivity contribution < 1.29 is 35.1 Å². The Morgan fingerprint density at radius 1 is 1.08 bits per heavy atom. The molecular weight excluding hydrogens is 575 g/mol. The maximum atomic E-state index is 13.4. The van der Waals surface area contributed by atoms with Gasteiger partial charge < -0.3 is 10.0 Å². The van der Waals surface area contributed by atoms with Crippen molar-refractivity contribution in [1.82, 2.24) is 9.21 Å². The van der Waals surface area contributed by atoms with Gasteiger partial charge in [0.05, 0.1) is 17.5 Å². The first kappa shape index (κ1) is 28.8. The average molecular weight is 608 g/mol. The maximum Gasteiger partial charge on any atom is 0.421 e. The highest BCUT2D eigenvalue weighted by molar-refractivity contribution is 7.91. The maximum absolute atomic E-state index is 13.4. The Labute approximate surface area is 231 Å². The molecule has 3 unspecified atom stereocenters. The van der Waals surface area contributed by atoms with Crippen LogP contribution in [0.2, 0.25) is 0 Å². The lowest BCUT2D eigenvalue weighted by atomic mass is 9.95. The second-order valence-electron chi connectivity index (χ2n) is 10.8. The van der Waals surface area contributed by atoms with Crippen molar-refractivity contribution in [3.63, 3.8) is 0 Å². The van der Waals surface area contributed by atoms with Crippen LogP contribution in [0.5, 0.6) is 0 Å². The standard InChI is InChI=1S/C25H32F3N3O5S3/c1-24(32,25(26,27)28)19-6-8-20(9-7-19)31-11-10-30(39(35,36)23-3-2-13-37-23)16-21(31)15-29-12-14-38(33,34)17-22(29)18-4-5-18/h2-3,6-9,13,18,21-22,32H,4-5,10-12,14-17H2,1H3. The fourth-order valence-electron chi connectivity index (χ4n) is 5.50. The smallest absolute Gasteiger partial charge is 0.376 e. The van der Waals surface area contributed by atoms with E-state index in [1.54, 1.807) is 17.5 Å². The lowest BCUT2D eigenvalue weighted by molar-refractivity contribution is -0.258. The number of alkyl halides is 3. The predicted molar refractivity (Wildman–Crippen MR) is 143 cm³/mol. The van der Waals surface area contributed by atoms with Crippen molar-refractivity contribution in [2.24, 2.45) is 5.92 Å². The van der Waals surface area contributed by atoms with E-state index in [0.29, 0.717) is 38.2 Å². The molecule has 5 rings (SSSR count). The summed E-state index contributed by atoms with van der Waals surface area (Å²) >= 11 is 1.14. The normalized spacial score (nSPS) is 26.8. The lowest BCUT2D eigenvalue weighted by Gasteiger charge is -2.46. The third-order valence-electron chi connectivity index (χ3n) is 8.04. The molecule has 3 fully saturated rings. The highest BCUT2D eigenvalue weighted by Gasteiger charge is 2.51. The summed E-state index contributed by atoms with van der Waals surface area (Å²) in [5, 5.41) is 11.8. The van der Waals surface area contributed by atoms with Crippen LogP contribution in [0.4, 0.5) is 18.9 Å². The van der Waals surface area contributed by atoms with E-state index in [0.717, 1.165) is 24.2 Å². The fourth-order valence-corrected chi connectivity index (χ4v) is 9.80. The summed E-state index contributed by atoms with van der Waals surface area (Å²) in [5.41, 5.74) is -2.68. The van der Waals surface area contributed by atoms with Crippen LogP contribution in [-0.2, 0) is 25.5 Å². The largest absolute Gasteiger partial charge is 0.421 e. The Balaban J connectivity index is 1.43. The lowest BCUT2D eigenvalue weighted by Crippen LogP contribution is -2.61. The van der Waals surface area contributed by atoms with Crippen LogP contribution in [0.25, 0.3) is 0 Å². The molecule has 3 atom stereocenters. The molecule has 216 valence electrons. The van der Waals surface area contributed by atoms with Crippen LogP contribution in [0.15, 0.2) is 46.0 Å². The van der Waals surface area contributed by atoms with E-state index in [9.17, 15) is 35.1 Å². The number of sulfonamides is 1. The number of hydrogen-bond donors (Lipinski definition) is 1. The molecule has 3 heterocycles. The molecule has 2 aromatic rings. The molecule has 1 aromatic heterocycles. The first-order valence-electron chi connectivity index (χ1n) is 12.8. The van der Waals surface area contributed by atoms with Gasteiger partial charge in [-0.2, -0.15) is 17.5 Å². The summed E-state index contributed by atoms with van der Waals surface area (Å²) in [6.45, 7) is 2.15. The minimum absolute atomic E-state index is 0.0430. The number of benzene rings is 1. The Morgan fingerprint density at radius 3 is 2.36 bits per heavy atom. The summed E-state index contributed by atoms with van der Waals surface area (Å²) < 4.78 is 93.2. The van der Waals surface area contributed by atoms with Gasteiger partial charge in [0.25, 0.3) is 10.0 Å². The molecule has 14 heteroatoms. The van der Waals surface area contributed by atoms with Gasteiger partial charge in [-0.25, -0.2) is 16.8 Å². The van der Waals surface area contributed by atoms with E-state index in [2.05, 4.69) is 4.90 Å². The van der Waals surface area contributed by atoms with Gasteiger partial charge in [0.2, 0.25) is 0 Å². The molecule has 2 saturated heterocycles. The third-order valence-corrected chi connectivity index (χ3v) is 12.9. The van der Waals surface area contributed by atoms with E-state index >= 15 is 0 Å². The number of halogens is 3. The Kier molecular flexibility index (Phi) is 7.60. The Bertz CT molecular complexity index is 1380. The zero-order valence-corrected chi connectivity index (χ0v) is 23.9. The van der Waals surface area contributed by atoms with Crippen LogP contribution in [-0.4, -0.2) is 93.6 Å². The molecule has 0 amide bonds. The quantitative estimate of drug-likeness (QED) is 0.517. The third kappa shape index (κ3) is 5.87. The number of thiophene rings is 1. The summed E-state index contributed by atoms with van der Waals surface area (Å²) in [7, 11) is -6.87. The van der Waals surface area contributed by atoms with E-state index < -0.39 is 31.6 Å². The summed E-state index contributed by atoms with van der Waals surface area (Å²) in [5.74, 6) is 0.427. The number of aliphatic hydroxyl groups is 1. The number of hydrogen-bond acceptors (Lipinski definition) is 8. The highest BCUT2D eigenvalue weighted by atomic mass is 32.2. The van der Waals surface area contributed by atoms with E-state index in [4.69, 9.17) is 0 Å². The first-order chi connectivity index (χ1) is 18.2. The number of rotatable bonds is 7. The zero-order chi connectivity index (χ0) is 28.2. The van der Waals surface area contributed by atoms with E-state index in [1.165, 1.54) is 28.6 Å². The second kappa shape index (κ2) is 10.3. The zero-order valence-electron chi connectivity index (χ0n) is 21.4. The van der Waals surface area contributed by atoms with E-state index in [1.807, 2.05) is 4.90 Å². The van der Waals surface area contributed by atoms with Gasteiger partial charge in [0, 0.05) is 44.5 Å². The SMILES string of the molecule is CC(O)(c1ccc(N2CCN(S(=O)(=O)c3cccs3)CC2CN2CCS(=O)(=O)CC2C2CC2)cc1)C(F)(F)F. The van der Waals surface area contributed by atoms with Crippen molar-refractivity contribution in [3.05, 3.63) is 47.3 Å². The van der Waals surface area contributed by atoms with Gasteiger partial charge in [-0.3, -0.25) is 4.90 Å². The number of anilines is 1. The van der Waals surface area contributed by atoms with Crippen LogP contribution < -0.4 is 4.90 Å².